The highest BCUT2D eigenvalue weighted by molar-refractivity contribution is 8.13. The lowest BCUT2D eigenvalue weighted by molar-refractivity contribution is 0.310. The molecule has 17 heavy (non-hydrogen) atoms. The Bertz CT molecular complexity index is 383. The van der Waals surface area contributed by atoms with Crippen LogP contribution in [0.1, 0.15) is 12.5 Å². The Hall–Kier alpha value is -1.36. The van der Waals surface area contributed by atoms with Gasteiger partial charge in [0.25, 0.3) is 0 Å². The quantitative estimate of drug-likeness (QED) is 0.603. The normalized spacial score (nSPS) is 10.0. The van der Waals surface area contributed by atoms with Gasteiger partial charge in [0, 0.05) is 5.75 Å². The number of amidine groups is 1. The average Bonchev–Trinajstić information content (AvgIpc) is 2.30. The second-order valence-corrected chi connectivity index (χ2v) is 4.52. The van der Waals surface area contributed by atoms with Crippen LogP contribution < -0.4 is 15.2 Å². The van der Waals surface area contributed by atoms with Crippen molar-refractivity contribution in [2.45, 2.75) is 13.3 Å². The lowest BCUT2D eigenvalue weighted by Gasteiger charge is -2.10. The Kier molecular flexibility index (Phi) is 5.69. The van der Waals surface area contributed by atoms with Crippen molar-refractivity contribution in [1.82, 2.24) is 0 Å². The van der Waals surface area contributed by atoms with Gasteiger partial charge in [0.1, 0.15) is 0 Å². The topological polar surface area (TPSA) is 68.3 Å². The minimum absolute atomic E-state index is 0.155. The minimum atomic E-state index is 0.155. The average molecular weight is 254 g/mol. The van der Waals surface area contributed by atoms with E-state index in [2.05, 4.69) is 0 Å². The molecule has 0 radical (unpaired) electrons. The molecule has 3 N–H and O–H groups in total. The van der Waals surface area contributed by atoms with Crippen molar-refractivity contribution in [3.05, 3.63) is 23.8 Å². The summed E-state index contributed by atoms with van der Waals surface area (Å²) in [6.45, 7) is 2.56. The van der Waals surface area contributed by atoms with Crippen LogP contribution in [0.5, 0.6) is 11.5 Å². The molecule has 5 heteroatoms. The maximum absolute atomic E-state index is 7.12. The van der Waals surface area contributed by atoms with Gasteiger partial charge in [-0.3, -0.25) is 5.41 Å². The van der Waals surface area contributed by atoms with Gasteiger partial charge in [-0.2, -0.15) is 0 Å². The minimum Gasteiger partial charge on any atom is -0.493 e. The monoisotopic (exact) mass is 254 g/mol. The summed E-state index contributed by atoms with van der Waals surface area (Å²) in [4.78, 5) is 0. The molecule has 0 bridgehead atoms. The molecule has 1 rings (SSSR count). The maximum Gasteiger partial charge on any atom is 0.161 e. The summed E-state index contributed by atoms with van der Waals surface area (Å²) < 4.78 is 10.7. The van der Waals surface area contributed by atoms with Crippen LogP contribution in [0.15, 0.2) is 18.2 Å². The van der Waals surface area contributed by atoms with E-state index in [1.54, 1.807) is 7.11 Å². The molecule has 0 heterocycles. The van der Waals surface area contributed by atoms with E-state index in [0.717, 1.165) is 29.2 Å². The van der Waals surface area contributed by atoms with E-state index in [0.29, 0.717) is 6.61 Å². The number of nitrogens with one attached hydrogen (secondary N) is 1. The van der Waals surface area contributed by atoms with E-state index in [-0.39, 0.29) is 5.17 Å². The van der Waals surface area contributed by atoms with Gasteiger partial charge in [-0.15, -0.1) is 0 Å². The first-order valence-electron chi connectivity index (χ1n) is 5.44. The van der Waals surface area contributed by atoms with Crippen LogP contribution in [-0.2, 0) is 6.42 Å². The Balaban J connectivity index is 2.65. The second-order valence-electron chi connectivity index (χ2n) is 3.38. The fourth-order valence-electron chi connectivity index (χ4n) is 1.42. The summed E-state index contributed by atoms with van der Waals surface area (Å²) in [5.74, 6) is 2.31. The van der Waals surface area contributed by atoms with Crippen LogP contribution in [0, 0.1) is 5.41 Å². The first-order chi connectivity index (χ1) is 8.17. The standard InChI is InChI=1S/C12H18N2O2S/c1-3-16-10-5-4-9(8-11(10)15-2)6-7-17-12(13)14/h4-5,8H,3,6-7H2,1-2H3,(H3,13,14). The third kappa shape index (κ3) is 4.56. The zero-order valence-electron chi connectivity index (χ0n) is 10.2. The zero-order chi connectivity index (χ0) is 12.7. The molecule has 1 aromatic rings. The molecule has 4 nitrogen and oxygen atoms in total. The third-order valence-electron chi connectivity index (χ3n) is 2.18. The predicted octanol–water partition coefficient (Wildman–Crippen LogP) is 2.26. The van der Waals surface area contributed by atoms with E-state index >= 15 is 0 Å². The number of ether oxygens (including phenoxy) is 2. The lowest BCUT2D eigenvalue weighted by atomic mass is 10.1. The Morgan fingerprint density at radius 3 is 2.76 bits per heavy atom. The number of thioether (sulfide) groups is 1. The summed E-state index contributed by atoms with van der Waals surface area (Å²) in [6, 6.07) is 5.88. The molecule has 0 aromatic heterocycles. The molecule has 1 aromatic carbocycles. The molecule has 0 aliphatic carbocycles. The van der Waals surface area contributed by atoms with Gasteiger partial charge in [-0.1, -0.05) is 17.8 Å². The van der Waals surface area contributed by atoms with Crippen molar-refractivity contribution < 1.29 is 9.47 Å². The van der Waals surface area contributed by atoms with Gasteiger partial charge in [0.05, 0.1) is 13.7 Å². The van der Waals surface area contributed by atoms with Gasteiger partial charge in [0.15, 0.2) is 16.7 Å². The molecule has 0 unspecified atom stereocenters. The molecule has 0 aliphatic heterocycles. The maximum atomic E-state index is 7.12. The Labute approximate surface area is 106 Å². The van der Waals surface area contributed by atoms with Crippen LogP contribution in [0.4, 0.5) is 0 Å². The van der Waals surface area contributed by atoms with E-state index in [1.165, 1.54) is 11.8 Å². The van der Waals surface area contributed by atoms with E-state index in [9.17, 15) is 0 Å². The van der Waals surface area contributed by atoms with Crippen LogP contribution in [0.3, 0.4) is 0 Å². The fourth-order valence-corrected chi connectivity index (χ4v) is 1.98. The highest BCUT2D eigenvalue weighted by atomic mass is 32.2. The summed E-state index contributed by atoms with van der Waals surface area (Å²) in [5, 5.41) is 7.28. The molecule has 0 saturated carbocycles. The van der Waals surface area contributed by atoms with Crippen LogP contribution >= 0.6 is 11.8 Å². The molecule has 0 atom stereocenters. The summed E-state index contributed by atoms with van der Waals surface area (Å²) >= 11 is 1.34. The van der Waals surface area contributed by atoms with Gasteiger partial charge < -0.3 is 15.2 Å². The van der Waals surface area contributed by atoms with Crippen molar-refractivity contribution in [3.8, 4) is 11.5 Å². The number of aryl methyl sites for hydroxylation is 1. The third-order valence-corrected chi connectivity index (χ3v) is 2.90. The highest BCUT2D eigenvalue weighted by Crippen LogP contribution is 2.28. The molecule has 94 valence electrons. The summed E-state index contributed by atoms with van der Waals surface area (Å²) in [5.41, 5.74) is 6.43. The van der Waals surface area contributed by atoms with E-state index in [4.69, 9.17) is 20.6 Å². The second kappa shape index (κ2) is 7.06. The van der Waals surface area contributed by atoms with E-state index < -0.39 is 0 Å². The van der Waals surface area contributed by atoms with Crippen LogP contribution in [0.25, 0.3) is 0 Å². The SMILES string of the molecule is CCOc1ccc(CCSC(=N)N)cc1OC. The molecule has 0 amide bonds. The van der Waals surface area contributed by atoms with Gasteiger partial charge in [0.2, 0.25) is 0 Å². The number of nitrogens with two attached hydrogens (primary N) is 1. The van der Waals surface area contributed by atoms with E-state index in [1.807, 2.05) is 25.1 Å². The molecule has 0 saturated heterocycles. The van der Waals surface area contributed by atoms with Gasteiger partial charge in [-0.25, -0.2) is 0 Å². The van der Waals surface area contributed by atoms with Crippen molar-refractivity contribution in [2.24, 2.45) is 5.73 Å². The van der Waals surface area contributed by atoms with Crippen LogP contribution in [-0.4, -0.2) is 24.6 Å². The first-order valence-corrected chi connectivity index (χ1v) is 6.42. The molecular formula is C12H18N2O2S. The van der Waals surface area contributed by atoms with Crippen molar-refractivity contribution >= 4 is 16.9 Å². The summed E-state index contributed by atoms with van der Waals surface area (Å²) in [7, 11) is 1.63. The molecule has 0 fully saturated rings. The molecule has 0 spiro atoms. The predicted molar refractivity (Wildman–Crippen MR) is 72.2 cm³/mol. The Morgan fingerprint density at radius 1 is 1.41 bits per heavy atom. The summed E-state index contributed by atoms with van der Waals surface area (Å²) in [6.07, 6.45) is 0.854. The number of methoxy groups -OCH3 is 1. The number of rotatable bonds is 6. The number of hydrogen-bond acceptors (Lipinski definition) is 4. The molecule has 0 aliphatic rings. The molecular weight excluding hydrogens is 236 g/mol. The van der Waals surface area contributed by atoms with Crippen molar-refractivity contribution in [3.63, 3.8) is 0 Å². The zero-order valence-corrected chi connectivity index (χ0v) is 11.0. The van der Waals surface area contributed by atoms with Crippen molar-refractivity contribution in [2.75, 3.05) is 19.5 Å². The number of hydrogen-bond donors (Lipinski definition) is 2. The van der Waals surface area contributed by atoms with Crippen molar-refractivity contribution in [1.29, 1.82) is 5.41 Å². The largest absolute Gasteiger partial charge is 0.493 e. The van der Waals surface area contributed by atoms with Gasteiger partial charge >= 0.3 is 0 Å². The first kappa shape index (κ1) is 13.7. The lowest BCUT2D eigenvalue weighted by Crippen LogP contribution is -2.05. The highest BCUT2D eigenvalue weighted by Gasteiger charge is 2.05. The van der Waals surface area contributed by atoms with Crippen LogP contribution in [0.2, 0.25) is 0 Å². The number of benzene rings is 1. The smallest absolute Gasteiger partial charge is 0.161 e. The van der Waals surface area contributed by atoms with Gasteiger partial charge in [-0.05, 0) is 31.0 Å². The fraction of sp³-hybridized carbons (Fsp3) is 0.417. The Morgan fingerprint density at radius 2 is 2.18 bits per heavy atom.